The highest BCUT2D eigenvalue weighted by atomic mass is 16.6. The summed E-state index contributed by atoms with van der Waals surface area (Å²) in [6, 6.07) is 2.37. The molecule has 1 amide bonds. The lowest BCUT2D eigenvalue weighted by atomic mass is 9.70. The molecule has 1 aromatic heterocycles. The van der Waals surface area contributed by atoms with Crippen LogP contribution in [0.4, 0.5) is 0 Å². The number of H-pyrrole nitrogens is 1. The first-order valence-electron chi connectivity index (χ1n) is 9.58. The van der Waals surface area contributed by atoms with E-state index in [2.05, 4.69) is 9.97 Å². The van der Waals surface area contributed by atoms with Gasteiger partial charge in [0.05, 0.1) is 42.7 Å². The quantitative estimate of drug-likeness (QED) is 0.381. The number of aromatic amines is 1. The average molecular weight is 416 g/mol. The summed E-state index contributed by atoms with van der Waals surface area (Å²) in [4.78, 5) is 32.4. The van der Waals surface area contributed by atoms with E-state index in [0.29, 0.717) is 12.0 Å². The zero-order valence-corrected chi connectivity index (χ0v) is 16.0. The Morgan fingerprint density at radius 1 is 1.43 bits per heavy atom. The van der Waals surface area contributed by atoms with Crippen molar-refractivity contribution >= 4 is 18.6 Å². The number of carboxylic acid groups (broad SMARTS) is 1. The van der Waals surface area contributed by atoms with Gasteiger partial charge in [0, 0.05) is 18.3 Å². The van der Waals surface area contributed by atoms with Crippen molar-refractivity contribution in [3.05, 3.63) is 41.5 Å². The van der Waals surface area contributed by atoms with Crippen molar-refractivity contribution in [1.82, 2.24) is 14.9 Å². The van der Waals surface area contributed by atoms with Gasteiger partial charge in [-0.25, -0.2) is 4.98 Å². The molecule has 2 aromatic rings. The van der Waals surface area contributed by atoms with Crippen LogP contribution in [0.15, 0.2) is 24.7 Å². The van der Waals surface area contributed by atoms with Gasteiger partial charge in [-0.15, -0.1) is 0 Å². The van der Waals surface area contributed by atoms with E-state index >= 15 is 0 Å². The Balaban J connectivity index is 1.41. The van der Waals surface area contributed by atoms with Crippen molar-refractivity contribution in [3.8, 4) is 11.5 Å². The molecule has 2 aliphatic heterocycles. The molecule has 0 radical (unpaired) electrons. The van der Waals surface area contributed by atoms with E-state index in [-0.39, 0.29) is 48.8 Å². The van der Waals surface area contributed by atoms with Crippen molar-refractivity contribution in [2.45, 2.75) is 31.3 Å². The summed E-state index contributed by atoms with van der Waals surface area (Å²) < 4.78 is 10.8. The second-order valence-electron chi connectivity index (χ2n) is 7.60. The second-order valence-corrected chi connectivity index (χ2v) is 7.60. The highest BCUT2D eigenvalue weighted by Gasteiger charge is 2.36. The van der Waals surface area contributed by atoms with Crippen LogP contribution >= 0.6 is 0 Å². The number of hydrogen-bond acceptors (Lipinski definition) is 9. The molecule has 2 aliphatic rings. The largest absolute Gasteiger partial charge is 0.669 e. The SMILES string of the molecule is N[C@@H](Cc1cnc[nH]1)C(=O)N1CC(Oc2ccc3c(c2C(=O)[O-])O[B-](O)(O)CC3)C1. The summed E-state index contributed by atoms with van der Waals surface area (Å²) in [6.45, 7) is -2.65. The highest BCUT2D eigenvalue weighted by Crippen LogP contribution is 2.38. The Labute approximate surface area is 171 Å². The molecule has 4 rings (SSSR count). The lowest BCUT2D eigenvalue weighted by molar-refractivity contribution is -0.255. The van der Waals surface area contributed by atoms with Crippen LogP contribution in [-0.2, 0) is 17.6 Å². The van der Waals surface area contributed by atoms with Gasteiger partial charge in [-0.2, -0.15) is 0 Å². The first-order valence-corrected chi connectivity index (χ1v) is 9.58. The molecule has 12 heteroatoms. The van der Waals surface area contributed by atoms with Gasteiger partial charge in [0.2, 0.25) is 5.91 Å². The standard InChI is InChI=1S/C18H22BN4O7/c20-13(5-11-6-21-9-22-11)17(24)23-7-12(8-23)29-14-2-1-10-3-4-19(27,28)30-16(10)15(14)18(25)26/h1-2,6,9,12-13,27-28H,3-5,7-8,20H2,(H,21,22)(H,25,26)/q-1/p-1/t13-/m0/s1. The number of likely N-dealkylation sites (tertiary alicyclic amines) is 1. The fourth-order valence-corrected chi connectivity index (χ4v) is 3.65. The maximum Gasteiger partial charge on any atom is 0.430 e. The summed E-state index contributed by atoms with van der Waals surface area (Å²) in [5, 5.41) is 31.2. The number of aromatic carboxylic acids is 1. The predicted molar refractivity (Wildman–Crippen MR) is 101 cm³/mol. The number of rotatable bonds is 6. The second kappa shape index (κ2) is 7.63. The molecular weight excluding hydrogens is 395 g/mol. The molecule has 0 saturated carbocycles. The molecule has 1 aromatic carbocycles. The molecule has 3 heterocycles. The number of carbonyl (C=O) groups is 2. The number of fused-ring (bicyclic) bond motifs is 1. The van der Waals surface area contributed by atoms with Gasteiger partial charge in [0.15, 0.2) is 0 Å². The van der Waals surface area contributed by atoms with Gasteiger partial charge >= 0.3 is 6.75 Å². The Morgan fingerprint density at radius 3 is 2.87 bits per heavy atom. The first-order chi connectivity index (χ1) is 14.2. The predicted octanol–water partition coefficient (Wildman–Crippen LogP) is -2.21. The van der Waals surface area contributed by atoms with Gasteiger partial charge in [-0.05, 0) is 18.1 Å². The summed E-state index contributed by atoms with van der Waals surface area (Å²) in [5.41, 5.74) is 6.86. The van der Waals surface area contributed by atoms with Crippen LogP contribution in [-0.4, -0.2) is 68.8 Å². The molecule has 0 unspecified atom stereocenters. The number of aryl methyl sites for hydroxylation is 1. The molecule has 160 valence electrons. The van der Waals surface area contributed by atoms with E-state index < -0.39 is 24.9 Å². The number of carbonyl (C=O) groups excluding carboxylic acids is 2. The number of aromatic nitrogens is 2. The van der Waals surface area contributed by atoms with E-state index in [9.17, 15) is 24.7 Å². The van der Waals surface area contributed by atoms with E-state index in [1.54, 1.807) is 12.3 Å². The Bertz CT molecular complexity index is 960. The Hall–Kier alpha value is -3.09. The van der Waals surface area contributed by atoms with Crippen molar-refractivity contribution in [1.29, 1.82) is 0 Å². The smallest absolute Gasteiger partial charge is 0.430 e. The van der Waals surface area contributed by atoms with Crippen LogP contribution in [0.2, 0.25) is 6.32 Å². The van der Waals surface area contributed by atoms with E-state index in [4.69, 9.17) is 15.1 Å². The first kappa shape index (κ1) is 20.2. The van der Waals surface area contributed by atoms with Crippen LogP contribution in [0, 0.1) is 0 Å². The lowest BCUT2D eigenvalue weighted by Gasteiger charge is -2.41. The van der Waals surface area contributed by atoms with Crippen LogP contribution in [0.5, 0.6) is 11.5 Å². The molecule has 1 atom stereocenters. The summed E-state index contributed by atoms with van der Waals surface area (Å²) in [5.74, 6) is -1.96. The third-order valence-electron chi connectivity index (χ3n) is 5.27. The number of nitrogens with two attached hydrogens (primary N) is 1. The zero-order valence-electron chi connectivity index (χ0n) is 16.0. The number of imidazole rings is 1. The monoisotopic (exact) mass is 416 g/mol. The summed E-state index contributed by atoms with van der Waals surface area (Å²) >= 11 is 0. The molecule has 0 spiro atoms. The number of nitrogens with one attached hydrogen (secondary N) is 1. The van der Waals surface area contributed by atoms with E-state index in [1.807, 2.05) is 0 Å². The Morgan fingerprint density at radius 2 is 2.20 bits per heavy atom. The van der Waals surface area contributed by atoms with Crippen molar-refractivity contribution in [2.24, 2.45) is 5.73 Å². The zero-order chi connectivity index (χ0) is 21.5. The number of benzene rings is 1. The number of ether oxygens (including phenoxy) is 1. The molecular formula is C18H21BN4O7-2. The normalized spacial score (nSPS) is 18.7. The maximum atomic E-state index is 12.4. The number of nitrogens with zero attached hydrogens (tertiary/aromatic N) is 2. The Kier molecular flexibility index (Phi) is 5.14. The molecule has 5 N–H and O–H groups in total. The van der Waals surface area contributed by atoms with Crippen molar-refractivity contribution in [2.75, 3.05) is 13.1 Å². The topological polar surface area (TPSA) is 174 Å². The van der Waals surface area contributed by atoms with Gasteiger partial charge in [-0.3, -0.25) is 4.79 Å². The van der Waals surface area contributed by atoms with E-state index in [1.165, 1.54) is 17.3 Å². The summed E-state index contributed by atoms with van der Waals surface area (Å²) in [7, 11) is 0. The van der Waals surface area contributed by atoms with Gasteiger partial charge in [0.1, 0.15) is 11.9 Å². The maximum absolute atomic E-state index is 12.4. The fraction of sp³-hybridized carbons (Fsp3) is 0.389. The minimum Gasteiger partial charge on any atom is -0.669 e. The molecule has 0 aliphatic carbocycles. The van der Waals surface area contributed by atoms with Crippen molar-refractivity contribution < 1.29 is 34.1 Å². The number of amides is 1. The minimum absolute atomic E-state index is 0.0129. The molecule has 1 saturated heterocycles. The molecule has 30 heavy (non-hydrogen) atoms. The third kappa shape index (κ3) is 3.97. The highest BCUT2D eigenvalue weighted by molar-refractivity contribution is 6.59. The fourth-order valence-electron chi connectivity index (χ4n) is 3.65. The average Bonchev–Trinajstić information content (AvgIpc) is 3.15. The van der Waals surface area contributed by atoms with Crippen LogP contribution in [0.25, 0.3) is 0 Å². The summed E-state index contributed by atoms with van der Waals surface area (Å²) in [6.07, 6.45) is 3.22. The van der Waals surface area contributed by atoms with Crippen LogP contribution in [0.3, 0.4) is 0 Å². The van der Waals surface area contributed by atoms with Crippen LogP contribution in [0.1, 0.15) is 21.6 Å². The van der Waals surface area contributed by atoms with Crippen molar-refractivity contribution in [3.63, 3.8) is 0 Å². The van der Waals surface area contributed by atoms with Crippen LogP contribution < -0.4 is 20.2 Å². The van der Waals surface area contributed by atoms with E-state index in [0.717, 1.165) is 5.69 Å². The lowest BCUT2D eigenvalue weighted by Crippen LogP contribution is -2.60. The minimum atomic E-state index is -3.13. The number of hydrogen-bond donors (Lipinski definition) is 4. The van der Waals surface area contributed by atoms with Gasteiger partial charge in [-0.1, -0.05) is 12.4 Å². The number of carboxylic acids is 1. The molecule has 1 fully saturated rings. The van der Waals surface area contributed by atoms with Gasteiger partial charge < -0.3 is 45.0 Å². The molecule has 11 nitrogen and oxygen atoms in total. The molecule has 0 bridgehead atoms. The van der Waals surface area contributed by atoms with Gasteiger partial charge in [0.25, 0.3) is 0 Å². The third-order valence-corrected chi connectivity index (χ3v) is 5.27.